The Balaban J connectivity index is -0.000000325. The van der Waals surface area contributed by atoms with Crippen LogP contribution in [-0.2, 0) is 23.0 Å². The van der Waals surface area contributed by atoms with E-state index in [1.165, 1.54) is 6.08 Å². The Hall–Kier alpha value is 0.860. The second-order valence-electron chi connectivity index (χ2n) is 6.17. The molecule has 0 saturated carbocycles. The number of hydrogen-bond acceptors (Lipinski definition) is 9. The first-order chi connectivity index (χ1) is 14.4. The van der Waals surface area contributed by atoms with Crippen LogP contribution in [0, 0.1) is 0 Å². The molecule has 0 radical (unpaired) electrons. The van der Waals surface area contributed by atoms with E-state index in [2.05, 4.69) is 14.9 Å². The molecule has 2 amide bonds. The first-order valence-corrected chi connectivity index (χ1v) is 12.6. The molecule has 6 N–H and O–H groups in total. The Morgan fingerprint density at radius 3 is 1.79 bits per heavy atom. The maximum atomic E-state index is 11.3. The smallest absolute Gasteiger partial charge is 0.789 e. The quantitative estimate of drug-likeness (QED) is 0.0470. The maximum Gasteiger partial charge on any atom is 1.00 e. The Labute approximate surface area is 238 Å². The van der Waals surface area contributed by atoms with Crippen LogP contribution in [-0.4, -0.2) is 58.1 Å². The number of aliphatic hydroxyl groups is 2. The zero-order valence-corrected chi connectivity index (χ0v) is 25.0. The maximum absolute atomic E-state index is 11.3. The van der Waals surface area contributed by atoms with E-state index in [9.17, 15) is 28.5 Å². The van der Waals surface area contributed by atoms with Gasteiger partial charge in [-0.15, -0.1) is 0 Å². The third-order valence-electron chi connectivity index (χ3n) is 3.35. The molecule has 17 heteroatoms. The number of hydrogen-bond donors (Lipinski definition) is 6. The van der Waals surface area contributed by atoms with Gasteiger partial charge in [-0.1, -0.05) is 31.8 Å². The molecule has 13 nitrogen and oxygen atoms in total. The second kappa shape index (κ2) is 25.9. The average Bonchev–Trinajstić information content (AvgIpc) is 2.63. The topological polar surface area (TPSA) is 229 Å². The van der Waals surface area contributed by atoms with E-state index in [0.717, 1.165) is 44.9 Å². The van der Waals surface area contributed by atoms with Crippen molar-refractivity contribution in [2.75, 3.05) is 26.3 Å². The van der Waals surface area contributed by atoms with Gasteiger partial charge in [-0.2, -0.15) is 0 Å². The van der Waals surface area contributed by atoms with E-state index in [4.69, 9.17) is 20.0 Å². The molecule has 0 bridgehead atoms. The van der Waals surface area contributed by atoms with E-state index >= 15 is 0 Å². The van der Waals surface area contributed by atoms with Crippen LogP contribution in [0.3, 0.4) is 0 Å². The van der Waals surface area contributed by atoms with E-state index in [1.807, 2.05) is 6.08 Å². The Kier molecular flexibility index (Phi) is 32.2. The van der Waals surface area contributed by atoms with Gasteiger partial charge >= 0.3 is 66.9 Å². The van der Waals surface area contributed by atoms with Gasteiger partial charge in [0.15, 0.2) is 0 Å². The van der Waals surface area contributed by atoms with E-state index in [0.29, 0.717) is 19.5 Å². The minimum Gasteiger partial charge on any atom is -0.789 e. The van der Waals surface area contributed by atoms with E-state index in [-0.39, 0.29) is 84.1 Å². The summed E-state index contributed by atoms with van der Waals surface area (Å²) in [6.07, 6.45) is 11.2. The fourth-order valence-corrected chi connectivity index (χ4v) is 3.14. The van der Waals surface area contributed by atoms with Gasteiger partial charge in [0, 0.05) is 19.5 Å². The van der Waals surface area contributed by atoms with Crippen molar-refractivity contribution >= 4 is 27.5 Å². The predicted octanol–water partition coefficient (Wildman–Crippen LogP) is -7.19. The van der Waals surface area contributed by atoms with E-state index in [1.54, 1.807) is 0 Å². The fraction of sp³-hybridized carbons (Fsp3) is 0.750. The van der Waals surface area contributed by atoms with Gasteiger partial charge in [0.1, 0.15) is 0 Å². The van der Waals surface area contributed by atoms with Crippen LogP contribution >= 0.6 is 15.6 Å². The molecule has 0 spiro atoms. The van der Waals surface area contributed by atoms with Gasteiger partial charge in [-0.3, -0.25) is 13.9 Å². The van der Waals surface area contributed by atoms with Gasteiger partial charge in [0.05, 0.1) is 21.0 Å². The normalized spacial score (nSPS) is 11.0. The molecular weight excluding hydrogens is 504 g/mol. The number of aliphatic hydroxyl groups excluding tert-OH is 2. The van der Waals surface area contributed by atoms with Crippen molar-refractivity contribution in [3.63, 3.8) is 0 Å². The molecule has 33 heavy (non-hydrogen) atoms. The number of rotatable bonds is 16. The Morgan fingerprint density at radius 1 is 0.848 bits per heavy atom. The van der Waals surface area contributed by atoms with Crippen molar-refractivity contribution in [1.29, 1.82) is 0 Å². The van der Waals surface area contributed by atoms with E-state index < -0.39 is 15.6 Å². The first-order valence-electron chi connectivity index (χ1n) is 9.63. The summed E-state index contributed by atoms with van der Waals surface area (Å²) in [5.41, 5.74) is 0. The number of nitrogens with one attached hydrogen (secondary N) is 2. The molecule has 0 aliphatic heterocycles. The molecule has 0 fully saturated rings. The van der Waals surface area contributed by atoms with Crippen molar-refractivity contribution < 1.29 is 112 Å². The molecule has 0 saturated heterocycles. The molecule has 0 atom stereocenters. The van der Waals surface area contributed by atoms with Crippen molar-refractivity contribution in [3.05, 3.63) is 12.2 Å². The number of carbonyl (C=O) groups is 2. The number of carbonyl (C=O) groups excluding carboxylic acids is 2. The van der Waals surface area contributed by atoms with Crippen molar-refractivity contribution in [2.45, 2.75) is 51.4 Å². The third kappa shape index (κ3) is 40.3. The van der Waals surface area contributed by atoms with Crippen LogP contribution in [0.4, 0.5) is 0 Å². The molecular formula is C16H32N2Na2O11P2. The van der Waals surface area contributed by atoms with Crippen LogP contribution in [0.15, 0.2) is 12.2 Å². The third-order valence-corrected chi connectivity index (χ3v) is 5.00. The number of allylic oxidation sites excluding steroid dienone is 1. The molecule has 0 aromatic rings. The summed E-state index contributed by atoms with van der Waals surface area (Å²) in [6, 6.07) is 0. The summed E-state index contributed by atoms with van der Waals surface area (Å²) in [4.78, 5) is 56.6. The second-order valence-corrected chi connectivity index (χ2v) is 8.70. The molecule has 0 heterocycles. The first kappa shape index (κ1) is 41.0. The zero-order valence-electron chi connectivity index (χ0n) is 19.2. The summed E-state index contributed by atoms with van der Waals surface area (Å²) in [5, 5.41) is 22.3. The molecule has 0 unspecified atom stereocenters. The predicted molar refractivity (Wildman–Crippen MR) is 107 cm³/mol. The number of amides is 2. The standard InChI is InChI=1S/C16H30N2O4.2Na.H4O7P2/c19-13-11-17-15(21)9-7-5-3-1-2-4-6-8-10-16(22)18-12-14-20;;;1-8(2,3)7-9(4,5)6/h7,9,19-20H,1-6,8,10-14H2,(H,17,21)(H,18,22);;;(H2,1,2,3)(H2,4,5,6)/q;2*+1;/p-2/b9-7+;;;. The van der Waals surface area contributed by atoms with Gasteiger partial charge in [-0.25, -0.2) is 4.57 Å². The van der Waals surface area contributed by atoms with Crippen LogP contribution in [0.25, 0.3) is 0 Å². The Bertz CT molecular complexity index is 595. The van der Waals surface area contributed by atoms with Crippen LogP contribution < -0.4 is 79.5 Å². The monoisotopic (exact) mass is 536 g/mol. The SMILES string of the molecule is O=C(/C=C/CCCCCCCCC(=O)NCCO)NCCO.O=P([O-])([O-])OP(=O)(O)O.[Na+].[Na+]. The van der Waals surface area contributed by atoms with Gasteiger partial charge in [0.2, 0.25) is 11.8 Å². The van der Waals surface area contributed by atoms with Gasteiger partial charge in [-0.05, 0) is 25.3 Å². The molecule has 0 aliphatic rings. The van der Waals surface area contributed by atoms with Crippen molar-refractivity contribution in [1.82, 2.24) is 10.6 Å². The summed E-state index contributed by atoms with van der Waals surface area (Å²) in [7, 11) is -10.7. The minimum atomic E-state index is -5.55. The summed E-state index contributed by atoms with van der Waals surface area (Å²) < 4.78 is 21.7. The summed E-state index contributed by atoms with van der Waals surface area (Å²) >= 11 is 0. The molecule has 184 valence electrons. The van der Waals surface area contributed by atoms with Crippen LogP contribution in [0.2, 0.25) is 0 Å². The minimum absolute atomic E-state index is 0. The molecule has 0 aliphatic carbocycles. The molecule has 0 aromatic heterocycles. The van der Waals surface area contributed by atoms with Crippen molar-refractivity contribution in [2.24, 2.45) is 0 Å². The summed E-state index contributed by atoms with van der Waals surface area (Å²) in [6.45, 7) is 0.581. The van der Waals surface area contributed by atoms with Crippen LogP contribution in [0.1, 0.15) is 51.4 Å². The number of phosphoric acid groups is 2. The average molecular weight is 536 g/mol. The largest absolute Gasteiger partial charge is 1.00 e. The Morgan fingerprint density at radius 2 is 1.33 bits per heavy atom. The summed E-state index contributed by atoms with van der Waals surface area (Å²) in [5.74, 6) is -0.146. The van der Waals surface area contributed by atoms with Gasteiger partial charge < -0.3 is 45.0 Å². The van der Waals surface area contributed by atoms with Crippen molar-refractivity contribution in [3.8, 4) is 0 Å². The molecule has 0 aromatic carbocycles. The van der Waals surface area contributed by atoms with Gasteiger partial charge in [0.25, 0.3) is 0 Å². The zero-order chi connectivity index (χ0) is 24.2. The van der Waals surface area contributed by atoms with Crippen LogP contribution in [0.5, 0.6) is 0 Å². The number of unbranched alkanes of at least 4 members (excludes halogenated alkanes) is 6. The fourth-order valence-electron chi connectivity index (χ4n) is 2.10. The molecule has 0 rings (SSSR count).